The van der Waals surface area contributed by atoms with Gasteiger partial charge in [-0.15, -0.1) is 0 Å². The third-order valence-corrected chi connectivity index (χ3v) is 27.6. The molecule has 0 rings (SSSR count). The highest BCUT2D eigenvalue weighted by Crippen LogP contribution is 2.84. The van der Waals surface area contributed by atoms with E-state index in [1.165, 1.54) is 0 Å². The van der Waals surface area contributed by atoms with Gasteiger partial charge in [-0.05, 0) is 98.7 Å². The van der Waals surface area contributed by atoms with Crippen molar-refractivity contribution in [2.24, 2.45) is 47.3 Å². The Morgan fingerprint density at radius 1 is 0.183 bits per heavy atom. The summed E-state index contributed by atoms with van der Waals surface area (Å²) in [6.45, 7) is 35.2. The Labute approximate surface area is 509 Å². The van der Waals surface area contributed by atoms with Crippen molar-refractivity contribution in [2.75, 3.05) is 52.9 Å². The molecule has 0 aliphatic heterocycles. The van der Waals surface area contributed by atoms with Gasteiger partial charge in [0.25, 0.3) is 0 Å². The van der Waals surface area contributed by atoms with Crippen molar-refractivity contribution in [3.63, 3.8) is 0 Å². The average Bonchev–Trinajstić information content (AvgIpc) is 3.38. The van der Waals surface area contributed by atoms with Crippen molar-refractivity contribution in [1.82, 2.24) is 0 Å². The Morgan fingerprint density at radius 2 is 0.293 bits per heavy atom. The highest BCUT2D eigenvalue weighted by Gasteiger charge is 2.68. The third kappa shape index (κ3) is 43.3. The molecule has 0 saturated carbocycles. The molecule has 0 saturated heterocycles. The maximum absolute atomic E-state index is 17.1. The molecule has 494 valence electrons. The summed E-state index contributed by atoms with van der Waals surface area (Å²) >= 11 is 0. The van der Waals surface area contributed by atoms with Crippen LogP contribution in [0.15, 0.2) is 0 Å². The van der Waals surface area contributed by atoms with Gasteiger partial charge in [-0.3, -0.25) is 18.3 Å². The summed E-state index contributed by atoms with van der Waals surface area (Å²) in [5, 5.41) is -4.09. The first-order chi connectivity index (χ1) is 38.8. The molecule has 0 bridgehead atoms. The van der Waals surface area contributed by atoms with Crippen LogP contribution in [0, 0.1) is 47.3 Å². The Morgan fingerprint density at radius 3 is 0.390 bits per heavy atom. The van der Waals surface area contributed by atoms with Gasteiger partial charge in [0.15, 0.2) is 10.8 Å². The Hall–Kier alpha value is 0.600. The molecule has 0 amide bonds. The van der Waals surface area contributed by atoms with Crippen LogP contribution in [-0.2, 0) is 54.5 Å². The predicted molar refractivity (Wildman–Crippen MR) is 352 cm³/mol. The van der Waals surface area contributed by atoms with Gasteiger partial charge in [0, 0.05) is 0 Å². The highest BCUT2D eigenvalue weighted by atomic mass is 31.3. The van der Waals surface area contributed by atoms with E-state index in [1.54, 1.807) is 0 Å². The lowest BCUT2D eigenvalue weighted by Crippen LogP contribution is -2.34. The van der Waals surface area contributed by atoms with Crippen LogP contribution in [0.5, 0.6) is 0 Å². The second kappa shape index (κ2) is 50.4. The van der Waals surface area contributed by atoms with E-state index in [9.17, 15) is 0 Å². The molecule has 0 aromatic rings. The van der Waals surface area contributed by atoms with E-state index in [1.807, 2.05) is 0 Å². The Kier molecular flexibility index (Phi) is 50.7. The quantitative estimate of drug-likeness (QED) is 0.0423. The second-order valence-corrected chi connectivity index (χ2v) is 37.0. The van der Waals surface area contributed by atoms with Crippen LogP contribution < -0.4 is 0 Å². The van der Waals surface area contributed by atoms with Crippen LogP contribution in [0.4, 0.5) is 0 Å². The zero-order valence-corrected chi connectivity index (χ0v) is 60.3. The van der Waals surface area contributed by atoms with Gasteiger partial charge in [-0.25, -0.2) is 0 Å². The SMILES string of the molecule is CC(C)CCCCCOP(=O)(OCCCCCC(C)C)C(C(P(=O)(OCCCCCC(C)C)OCCCCCC(C)C)P(=O)(OCCCCCC(C)C)OCCCCCC(C)C)P(=O)(OCCCCCC(C)C)OCCCCCC(C)C. The Bertz CT molecular complexity index is 1330. The summed E-state index contributed by atoms with van der Waals surface area (Å²) < 4.78 is 122. The molecular weight excluding hydrogens is 1110 g/mol. The summed E-state index contributed by atoms with van der Waals surface area (Å²) in [7, 11) is -19.6. The van der Waals surface area contributed by atoms with Gasteiger partial charge in [0.05, 0.1) is 52.9 Å². The molecule has 0 N–H and O–H groups in total. The summed E-state index contributed by atoms with van der Waals surface area (Å²) in [5.74, 6) is 4.16. The summed E-state index contributed by atoms with van der Waals surface area (Å²) in [6.07, 6.45) is 26.5. The van der Waals surface area contributed by atoms with E-state index in [0.29, 0.717) is 98.7 Å². The molecule has 0 heterocycles. The van der Waals surface area contributed by atoms with Crippen LogP contribution in [0.1, 0.15) is 316 Å². The fourth-order valence-corrected chi connectivity index (χ4v) is 24.1. The van der Waals surface area contributed by atoms with Crippen molar-refractivity contribution in [3.05, 3.63) is 0 Å². The molecule has 16 heteroatoms. The van der Waals surface area contributed by atoms with E-state index in [0.717, 1.165) is 154 Å². The maximum Gasteiger partial charge on any atom is 0.347 e. The molecule has 0 atom stereocenters. The second-order valence-electron chi connectivity index (χ2n) is 27.6. The number of unbranched alkanes of at least 4 members (excludes halogenated alkanes) is 16. The maximum atomic E-state index is 17.1. The van der Waals surface area contributed by atoms with Crippen LogP contribution >= 0.6 is 30.4 Å². The minimum Gasteiger partial charge on any atom is -0.308 e. The van der Waals surface area contributed by atoms with Crippen LogP contribution in [0.2, 0.25) is 0 Å². The average molecular weight is 1250 g/mol. The van der Waals surface area contributed by atoms with Gasteiger partial charge in [-0.1, -0.05) is 265 Å². The van der Waals surface area contributed by atoms with E-state index in [-0.39, 0.29) is 52.9 Å². The van der Waals surface area contributed by atoms with E-state index in [2.05, 4.69) is 111 Å². The molecule has 0 aliphatic rings. The predicted octanol–water partition coefficient (Wildman–Crippen LogP) is 24.3. The standard InChI is InChI=1S/C66H138O12P4/c1-57(2)41-25-17-33-49-71-79(67,72-50-34-18-26-42-58(3)4)65(80(68,73-51-35-19-27-43-59(5)6)74-52-36-20-28-44-60(7)8)66(81(69,75-53-37-21-29-45-61(9)10)76-54-38-22-30-46-62(11)12)82(70,77-55-39-23-31-47-63(13)14)78-56-40-24-32-48-64(15)16/h57-66H,17-56H2,1-16H3. The van der Waals surface area contributed by atoms with Gasteiger partial charge in [-0.2, -0.15) is 0 Å². The highest BCUT2D eigenvalue weighted by molar-refractivity contribution is 7.80. The van der Waals surface area contributed by atoms with Crippen LogP contribution in [0.25, 0.3) is 0 Å². The Balaban J connectivity index is 8.91. The minimum absolute atomic E-state index is 0.00815. The van der Waals surface area contributed by atoms with Gasteiger partial charge < -0.3 is 36.2 Å². The zero-order valence-electron chi connectivity index (χ0n) is 56.7. The number of hydrogen-bond acceptors (Lipinski definition) is 12. The molecule has 12 nitrogen and oxygen atoms in total. The number of hydrogen-bond donors (Lipinski definition) is 0. The van der Waals surface area contributed by atoms with Crippen LogP contribution in [0.3, 0.4) is 0 Å². The van der Waals surface area contributed by atoms with E-state index in [4.69, 9.17) is 36.2 Å². The summed E-state index contributed by atoms with van der Waals surface area (Å²) in [6, 6.07) is 0. The molecule has 0 aromatic heterocycles. The zero-order chi connectivity index (χ0) is 61.7. The van der Waals surface area contributed by atoms with Crippen molar-refractivity contribution in [3.8, 4) is 0 Å². The van der Waals surface area contributed by atoms with Crippen molar-refractivity contribution >= 4 is 30.4 Å². The first kappa shape index (κ1) is 82.6. The van der Waals surface area contributed by atoms with E-state index >= 15 is 18.3 Å². The number of rotatable bonds is 61. The molecule has 0 radical (unpaired) electrons. The van der Waals surface area contributed by atoms with Gasteiger partial charge >= 0.3 is 30.4 Å². The lowest BCUT2D eigenvalue weighted by atomic mass is 10.1. The third-order valence-electron chi connectivity index (χ3n) is 15.1. The topological polar surface area (TPSA) is 142 Å². The monoisotopic (exact) mass is 1250 g/mol. The normalized spacial score (nSPS) is 13.3. The molecule has 0 aliphatic carbocycles. The first-order valence-corrected chi connectivity index (χ1v) is 40.8. The van der Waals surface area contributed by atoms with Gasteiger partial charge in [0.1, 0.15) is 0 Å². The molecular formula is C66H138O12P4. The molecule has 82 heavy (non-hydrogen) atoms. The largest absolute Gasteiger partial charge is 0.347 e. The van der Waals surface area contributed by atoms with E-state index < -0.39 is 41.2 Å². The van der Waals surface area contributed by atoms with Crippen molar-refractivity contribution in [1.29, 1.82) is 0 Å². The molecule has 0 unspecified atom stereocenters. The molecule has 0 aromatic carbocycles. The molecule has 0 fully saturated rings. The first-order valence-electron chi connectivity index (χ1n) is 34.4. The molecule has 0 spiro atoms. The lowest BCUT2D eigenvalue weighted by molar-refractivity contribution is 0.156. The minimum atomic E-state index is -4.91. The smallest absolute Gasteiger partial charge is 0.308 e. The summed E-state index contributed by atoms with van der Waals surface area (Å²) in [5.41, 5.74) is 0. The van der Waals surface area contributed by atoms with Gasteiger partial charge in [0.2, 0.25) is 0 Å². The van der Waals surface area contributed by atoms with Crippen LogP contribution in [-0.4, -0.2) is 63.7 Å². The lowest BCUT2D eigenvalue weighted by Gasteiger charge is -2.41. The van der Waals surface area contributed by atoms with Crippen molar-refractivity contribution < 1.29 is 54.5 Å². The fourth-order valence-electron chi connectivity index (χ4n) is 9.95. The van der Waals surface area contributed by atoms with Crippen molar-refractivity contribution in [2.45, 2.75) is 327 Å². The summed E-state index contributed by atoms with van der Waals surface area (Å²) in [4.78, 5) is 0. The fraction of sp³-hybridized carbons (Fsp3) is 1.00.